The fraction of sp³-hybridized carbons (Fsp3) is 0.571. The van der Waals surface area contributed by atoms with Crippen molar-refractivity contribution in [2.45, 2.75) is 38.6 Å². The zero-order valence-electron chi connectivity index (χ0n) is 12.4. The second kappa shape index (κ2) is 6.43. The molecular formula is C14H23ClN2O2S. The van der Waals surface area contributed by atoms with Crippen molar-refractivity contribution < 1.29 is 8.42 Å². The maximum absolute atomic E-state index is 12.8. The predicted octanol–water partition coefficient (Wildman–Crippen LogP) is 2.02. The van der Waals surface area contributed by atoms with Gasteiger partial charge in [0.1, 0.15) is 0 Å². The second-order valence-electron chi connectivity index (χ2n) is 5.40. The lowest BCUT2D eigenvalue weighted by Crippen LogP contribution is -2.52. The van der Waals surface area contributed by atoms with Crippen LogP contribution in [0, 0.1) is 20.8 Å². The highest BCUT2D eigenvalue weighted by molar-refractivity contribution is 7.89. The molecule has 0 bridgehead atoms. The standard InChI is InChI=1S/C14H22N2O2S.ClH/c1-10-7-11(2)14(12(3)8-10)19(17,18)16-6-5-15-9-13(16)4;/h7-8,13,15H,5-6,9H2,1-4H3;1H. The van der Waals surface area contributed by atoms with Crippen molar-refractivity contribution in [3.8, 4) is 0 Å². The van der Waals surface area contributed by atoms with Gasteiger partial charge in [0.2, 0.25) is 10.0 Å². The van der Waals surface area contributed by atoms with Crippen molar-refractivity contribution in [1.82, 2.24) is 9.62 Å². The molecule has 0 amide bonds. The Morgan fingerprint density at radius 1 is 1.20 bits per heavy atom. The first-order valence-corrected chi connectivity index (χ1v) is 8.08. The van der Waals surface area contributed by atoms with Crippen molar-refractivity contribution in [2.24, 2.45) is 0 Å². The lowest BCUT2D eigenvalue weighted by molar-refractivity contribution is 0.283. The minimum Gasteiger partial charge on any atom is -0.314 e. The Morgan fingerprint density at radius 3 is 2.25 bits per heavy atom. The summed E-state index contributed by atoms with van der Waals surface area (Å²) < 4.78 is 27.3. The van der Waals surface area contributed by atoms with Crippen molar-refractivity contribution in [3.05, 3.63) is 28.8 Å². The molecule has 0 saturated carbocycles. The van der Waals surface area contributed by atoms with Gasteiger partial charge in [0.25, 0.3) is 0 Å². The van der Waals surface area contributed by atoms with E-state index >= 15 is 0 Å². The maximum atomic E-state index is 12.8. The van der Waals surface area contributed by atoms with Crippen LogP contribution in [0.25, 0.3) is 0 Å². The minimum absolute atomic E-state index is 0. The van der Waals surface area contributed by atoms with Crippen LogP contribution >= 0.6 is 12.4 Å². The van der Waals surface area contributed by atoms with Crippen LogP contribution in [-0.2, 0) is 10.0 Å². The molecule has 6 heteroatoms. The Kier molecular flexibility index (Phi) is 5.61. The largest absolute Gasteiger partial charge is 0.314 e. The van der Waals surface area contributed by atoms with Gasteiger partial charge < -0.3 is 5.32 Å². The molecule has 1 saturated heterocycles. The quantitative estimate of drug-likeness (QED) is 0.907. The van der Waals surface area contributed by atoms with Gasteiger partial charge in [-0.05, 0) is 38.8 Å². The first-order chi connectivity index (χ1) is 8.84. The monoisotopic (exact) mass is 318 g/mol. The van der Waals surface area contributed by atoms with Gasteiger partial charge >= 0.3 is 0 Å². The average molecular weight is 319 g/mol. The molecule has 20 heavy (non-hydrogen) atoms. The molecule has 1 aromatic rings. The van der Waals surface area contributed by atoms with E-state index < -0.39 is 10.0 Å². The number of hydrogen-bond donors (Lipinski definition) is 1. The molecule has 4 nitrogen and oxygen atoms in total. The molecule has 114 valence electrons. The van der Waals surface area contributed by atoms with Gasteiger partial charge in [-0.1, -0.05) is 17.7 Å². The van der Waals surface area contributed by atoms with Crippen molar-refractivity contribution in [2.75, 3.05) is 19.6 Å². The Morgan fingerprint density at radius 2 is 1.75 bits per heavy atom. The van der Waals surface area contributed by atoms with Gasteiger partial charge in [0.05, 0.1) is 4.90 Å². The van der Waals surface area contributed by atoms with E-state index in [1.807, 2.05) is 39.8 Å². The zero-order chi connectivity index (χ0) is 14.2. The Labute approximate surface area is 128 Å². The second-order valence-corrected chi connectivity index (χ2v) is 7.22. The third-order valence-corrected chi connectivity index (χ3v) is 5.93. The van der Waals surface area contributed by atoms with E-state index in [0.717, 1.165) is 16.7 Å². The van der Waals surface area contributed by atoms with Crippen molar-refractivity contribution in [1.29, 1.82) is 0 Å². The third kappa shape index (κ3) is 3.17. The molecule has 1 N–H and O–H groups in total. The van der Waals surface area contributed by atoms with Gasteiger partial charge in [-0.25, -0.2) is 8.42 Å². The number of rotatable bonds is 2. The molecule has 1 fully saturated rings. The summed E-state index contributed by atoms with van der Waals surface area (Å²) in [5.74, 6) is 0. The Balaban J connectivity index is 0.00000200. The maximum Gasteiger partial charge on any atom is 0.243 e. The molecule has 1 atom stereocenters. The fourth-order valence-corrected chi connectivity index (χ4v) is 4.92. The number of sulfonamides is 1. The van der Waals surface area contributed by atoms with E-state index in [-0.39, 0.29) is 18.4 Å². The van der Waals surface area contributed by atoms with Gasteiger partial charge in [0.15, 0.2) is 0 Å². The normalized spacial score (nSPS) is 20.5. The summed E-state index contributed by atoms with van der Waals surface area (Å²) in [6.07, 6.45) is 0. The Bertz CT molecular complexity index is 564. The minimum atomic E-state index is -3.40. The highest BCUT2D eigenvalue weighted by Crippen LogP contribution is 2.26. The Hall–Kier alpha value is -0.620. The van der Waals surface area contributed by atoms with E-state index in [0.29, 0.717) is 24.5 Å². The molecule has 0 aromatic heterocycles. The smallest absolute Gasteiger partial charge is 0.243 e. The lowest BCUT2D eigenvalue weighted by Gasteiger charge is -2.33. The van der Waals surface area contributed by atoms with E-state index in [1.165, 1.54) is 0 Å². The predicted molar refractivity (Wildman–Crippen MR) is 84.1 cm³/mol. The number of halogens is 1. The molecule has 0 aliphatic carbocycles. The van der Waals surface area contributed by atoms with Crippen LogP contribution in [0.4, 0.5) is 0 Å². The molecule has 1 aromatic carbocycles. The molecule has 0 spiro atoms. The van der Waals surface area contributed by atoms with E-state index in [1.54, 1.807) is 4.31 Å². The summed E-state index contributed by atoms with van der Waals surface area (Å²) in [6.45, 7) is 9.65. The highest BCUT2D eigenvalue weighted by Gasteiger charge is 2.32. The number of nitrogens with one attached hydrogen (secondary N) is 1. The van der Waals surface area contributed by atoms with E-state index in [2.05, 4.69) is 5.32 Å². The van der Waals surface area contributed by atoms with Gasteiger partial charge in [0, 0.05) is 25.7 Å². The average Bonchev–Trinajstić information content (AvgIpc) is 2.27. The fourth-order valence-electron chi connectivity index (χ4n) is 2.87. The third-order valence-electron chi connectivity index (χ3n) is 3.61. The van der Waals surface area contributed by atoms with Crippen LogP contribution in [0.1, 0.15) is 23.6 Å². The van der Waals surface area contributed by atoms with Crippen LogP contribution in [0.5, 0.6) is 0 Å². The number of nitrogens with zero attached hydrogens (tertiary/aromatic N) is 1. The summed E-state index contributed by atoms with van der Waals surface area (Å²) in [7, 11) is -3.40. The number of piperazine rings is 1. The molecule has 1 unspecified atom stereocenters. The van der Waals surface area contributed by atoms with Crippen molar-refractivity contribution >= 4 is 22.4 Å². The first kappa shape index (κ1) is 17.4. The van der Waals surface area contributed by atoms with E-state index in [9.17, 15) is 8.42 Å². The lowest BCUT2D eigenvalue weighted by atomic mass is 10.1. The van der Waals surface area contributed by atoms with Crippen LogP contribution in [0.2, 0.25) is 0 Å². The molecule has 0 radical (unpaired) electrons. The summed E-state index contributed by atoms with van der Waals surface area (Å²) in [6, 6.07) is 3.87. The summed E-state index contributed by atoms with van der Waals surface area (Å²) in [5.41, 5.74) is 2.77. The molecule has 1 aliphatic heterocycles. The summed E-state index contributed by atoms with van der Waals surface area (Å²) >= 11 is 0. The topological polar surface area (TPSA) is 49.4 Å². The number of aryl methyl sites for hydroxylation is 3. The van der Waals surface area contributed by atoms with Crippen LogP contribution in [0.3, 0.4) is 0 Å². The highest BCUT2D eigenvalue weighted by atomic mass is 35.5. The van der Waals surface area contributed by atoms with Gasteiger partial charge in [-0.2, -0.15) is 4.31 Å². The van der Waals surface area contributed by atoms with Crippen LogP contribution in [0.15, 0.2) is 17.0 Å². The summed E-state index contributed by atoms with van der Waals surface area (Å²) in [4.78, 5) is 0.479. The molecule has 1 aliphatic rings. The number of benzene rings is 1. The first-order valence-electron chi connectivity index (χ1n) is 6.64. The van der Waals surface area contributed by atoms with Crippen molar-refractivity contribution in [3.63, 3.8) is 0 Å². The zero-order valence-corrected chi connectivity index (χ0v) is 14.1. The molecule has 2 rings (SSSR count). The van der Waals surface area contributed by atoms with Gasteiger partial charge in [-0.15, -0.1) is 12.4 Å². The molecular weight excluding hydrogens is 296 g/mol. The van der Waals surface area contributed by atoms with Gasteiger partial charge in [-0.3, -0.25) is 0 Å². The van der Waals surface area contributed by atoms with E-state index in [4.69, 9.17) is 0 Å². The van der Waals surface area contributed by atoms with Crippen LogP contribution < -0.4 is 5.32 Å². The molecule has 1 heterocycles. The SMILES string of the molecule is Cc1cc(C)c(S(=O)(=O)N2CCNCC2C)c(C)c1.Cl. The van der Waals surface area contributed by atoms with Crippen LogP contribution in [-0.4, -0.2) is 38.4 Å². The summed E-state index contributed by atoms with van der Waals surface area (Å²) in [5, 5.41) is 3.22. The number of hydrogen-bond acceptors (Lipinski definition) is 3.